The Bertz CT molecular complexity index is 201. The molecule has 0 aromatic heterocycles. The first kappa shape index (κ1) is 22.8. The van der Waals surface area contributed by atoms with Crippen LogP contribution in [0.1, 0.15) is 72.6 Å². The van der Waals surface area contributed by atoms with Crippen molar-refractivity contribution < 1.29 is 0 Å². The summed E-state index contributed by atoms with van der Waals surface area (Å²) >= 11 is 0. The van der Waals surface area contributed by atoms with Gasteiger partial charge in [-0.1, -0.05) is 33.1 Å². The van der Waals surface area contributed by atoms with Crippen molar-refractivity contribution in [1.29, 1.82) is 0 Å². The highest BCUT2D eigenvalue weighted by molar-refractivity contribution is 4.62. The number of hydrogen-bond donors (Lipinski definition) is 4. The molecule has 4 heteroatoms. The zero-order valence-electron chi connectivity index (χ0n) is 16.3. The molecule has 0 aromatic rings. The molecule has 0 aliphatic heterocycles. The van der Waals surface area contributed by atoms with Gasteiger partial charge in [-0.2, -0.15) is 0 Å². The van der Waals surface area contributed by atoms with Crippen molar-refractivity contribution in [3.8, 4) is 0 Å². The van der Waals surface area contributed by atoms with Crippen LogP contribution in [-0.4, -0.2) is 51.4 Å². The van der Waals surface area contributed by atoms with Crippen molar-refractivity contribution >= 4 is 0 Å². The molecule has 0 radical (unpaired) electrons. The molecule has 0 aliphatic rings. The van der Waals surface area contributed by atoms with Gasteiger partial charge in [0.25, 0.3) is 0 Å². The van der Waals surface area contributed by atoms with E-state index in [1.807, 2.05) is 0 Å². The van der Waals surface area contributed by atoms with Crippen LogP contribution in [0.3, 0.4) is 0 Å². The molecular formula is C19H44N4. The fourth-order valence-electron chi connectivity index (χ4n) is 2.82. The van der Waals surface area contributed by atoms with E-state index < -0.39 is 0 Å². The van der Waals surface area contributed by atoms with E-state index in [1.165, 1.54) is 58.0 Å². The summed E-state index contributed by atoms with van der Waals surface area (Å²) in [7, 11) is 0. The van der Waals surface area contributed by atoms with E-state index in [0.29, 0.717) is 12.1 Å². The molecule has 0 aliphatic carbocycles. The van der Waals surface area contributed by atoms with Crippen molar-refractivity contribution in [2.75, 3.05) is 39.3 Å². The zero-order chi connectivity index (χ0) is 17.2. The smallest absolute Gasteiger partial charge is 0.00506 e. The number of unbranched alkanes of at least 4 members (excludes halogenated alkanes) is 4. The van der Waals surface area contributed by atoms with Gasteiger partial charge in [0, 0.05) is 12.1 Å². The molecule has 2 atom stereocenters. The van der Waals surface area contributed by atoms with Crippen LogP contribution in [-0.2, 0) is 0 Å². The van der Waals surface area contributed by atoms with Gasteiger partial charge in [0.05, 0.1) is 0 Å². The quantitative estimate of drug-likeness (QED) is 0.292. The Labute approximate surface area is 146 Å². The van der Waals surface area contributed by atoms with Gasteiger partial charge in [-0.25, -0.2) is 0 Å². The molecule has 0 fully saturated rings. The maximum absolute atomic E-state index is 3.56. The van der Waals surface area contributed by atoms with E-state index in [-0.39, 0.29) is 0 Å². The summed E-state index contributed by atoms with van der Waals surface area (Å²) < 4.78 is 0. The molecule has 23 heavy (non-hydrogen) atoms. The maximum Gasteiger partial charge on any atom is 0.00506 e. The highest BCUT2D eigenvalue weighted by atomic mass is 14.9. The van der Waals surface area contributed by atoms with E-state index >= 15 is 0 Å². The maximum atomic E-state index is 3.56. The van der Waals surface area contributed by atoms with Gasteiger partial charge in [0.15, 0.2) is 0 Å². The second-order valence-corrected chi connectivity index (χ2v) is 6.76. The van der Waals surface area contributed by atoms with Crippen LogP contribution in [0.2, 0.25) is 0 Å². The molecule has 0 saturated heterocycles. The Hall–Kier alpha value is -0.160. The van der Waals surface area contributed by atoms with Gasteiger partial charge in [-0.3, -0.25) is 0 Å². The van der Waals surface area contributed by atoms with Crippen LogP contribution in [0.4, 0.5) is 0 Å². The first-order valence-electron chi connectivity index (χ1n) is 10.1. The average Bonchev–Trinajstić information content (AvgIpc) is 2.52. The first-order valence-corrected chi connectivity index (χ1v) is 10.1. The Morgan fingerprint density at radius 1 is 0.565 bits per heavy atom. The largest absolute Gasteiger partial charge is 0.317 e. The molecule has 4 nitrogen and oxygen atoms in total. The topological polar surface area (TPSA) is 48.1 Å². The molecule has 140 valence electrons. The first-order chi connectivity index (χ1) is 11.2. The van der Waals surface area contributed by atoms with Gasteiger partial charge in [-0.15, -0.1) is 0 Å². The van der Waals surface area contributed by atoms with Crippen LogP contribution in [0.5, 0.6) is 0 Å². The van der Waals surface area contributed by atoms with Gasteiger partial charge in [0.1, 0.15) is 0 Å². The lowest BCUT2D eigenvalue weighted by Crippen LogP contribution is -2.30. The van der Waals surface area contributed by atoms with Gasteiger partial charge >= 0.3 is 0 Å². The molecule has 0 saturated carbocycles. The van der Waals surface area contributed by atoms with E-state index in [2.05, 4.69) is 49.0 Å². The van der Waals surface area contributed by atoms with Crippen molar-refractivity contribution in [3.63, 3.8) is 0 Å². The van der Waals surface area contributed by atoms with Gasteiger partial charge in [-0.05, 0) is 78.8 Å². The summed E-state index contributed by atoms with van der Waals surface area (Å²) in [4.78, 5) is 0. The normalized spacial score (nSPS) is 14.1. The van der Waals surface area contributed by atoms with Gasteiger partial charge in [0.2, 0.25) is 0 Å². The average molecular weight is 329 g/mol. The number of rotatable bonds is 18. The molecule has 2 unspecified atom stereocenters. The van der Waals surface area contributed by atoms with Crippen molar-refractivity contribution in [2.45, 2.75) is 84.7 Å². The van der Waals surface area contributed by atoms with E-state index in [9.17, 15) is 0 Å². The predicted molar refractivity (Wildman–Crippen MR) is 104 cm³/mol. The fourth-order valence-corrected chi connectivity index (χ4v) is 2.82. The SMILES string of the molecule is CCNC(C)CCNCCCCCCCNCCC(C)NCC. The Morgan fingerprint density at radius 3 is 1.35 bits per heavy atom. The summed E-state index contributed by atoms with van der Waals surface area (Å²) in [5, 5.41) is 14.0. The molecular weight excluding hydrogens is 284 g/mol. The Morgan fingerprint density at radius 2 is 0.957 bits per heavy atom. The minimum atomic E-state index is 0.640. The molecule has 4 N–H and O–H groups in total. The standard InChI is InChI=1S/C19H44N4/c1-5-22-18(3)12-16-20-14-10-8-7-9-11-15-21-17-13-19(4)23-6-2/h18-23H,5-17H2,1-4H3. The molecule has 0 spiro atoms. The third-order valence-corrected chi connectivity index (χ3v) is 4.32. The predicted octanol–water partition coefficient (Wildman–Crippen LogP) is 2.89. The van der Waals surface area contributed by atoms with E-state index in [4.69, 9.17) is 0 Å². The number of hydrogen-bond acceptors (Lipinski definition) is 4. The number of nitrogens with one attached hydrogen (secondary N) is 4. The molecule has 0 rings (SSSR count). The highest BCUT2D eigenvalue weighted by Gasteiger charge is 1.99. The monoisotopic (exact) mass is 328 g/mol. The second kappa shape index (κ2) is 18.2. The summed E-state index contributed by atoms with van der Waals surface area (Å²) in [6, 6.07) is 1.28. The van der Waals surface area contributed by atoms with E-state index in [1.54, 1.807) is 0 Å². The van der Waals surface area contributed by atoms with Crippen molar-refractivity contribution in [3.05, 3.63) is 0 Å². The second-order valence-electron chi connectivity index (χ2n) is 6.76. The summed E-state index contributed by atoms with van der Waals surface area (Å²) in [6.07, 6.45) is 9.22. The van der Waals surface area contributed by atoms with Crippen LogP contribution < -0.4 is 21.3 Å². The van der Waals surface area contributed by atoms with Crippen molar-refractivity contribution in [2.24, 2.45) is 0 Å². The lowest BCUT2D eigenvalue weighted by molar-refractivity contribution is 0.488. The molecule has 0 heterocycles. The van der Waals surface area contributed by atoms with Crippen molar-refractivity contribution in [1.82, 2.24) is 21.3 Å². The Balaban J connectivity index is 3.08. The summed E-state index contributed by atoms with van der Waals surface area (Å²) in [5.74, 6) is 0. The van der Waals surface area contributed by atoms with Gasteiger partial charge < -0.3 is 21.3 Å². The third-order valence-electron chi connectivity index (χ3n) is 4.32. The summed E-state index contributed by atoms with van der Waals surface area (Å²) in [5.41, 5.74) is 0. The van der Waals surface area contributed by atoms with Crippen LogP contribution >= 0.6 is 0 Å². The zero-order valence-corrected chi connectivity index (χ0v) is 16.3. The highest BCUT2D eigenvalue weighted by Crippen LogP contribution is 2.02. The van der Waals surface area contributed by atoms with Crippen LogP contribution in [0.25, 0.3) is 0 Å². The lowest BCUT2D eigenvalue weighted by atomic mass is 10.1. The van der Waals surface area contributed by atoms with Crippen LogP contribution in [0.15, 0.2) is 0 Å². The molecule has 0 bridgehead atoms. The lowest BCUT2D eigenvalue weighted by Gasteiger charge is -2.12. The van der Waals surface area contributed by atoms with E-state index in [0.717, 1.165) is 26.2 Å². The minimum absolute atomic E-state index is 0.640. The van der Waals surface area contributed by atoms with Crippen LogP contribution in [0, 0.1) is 0 Å². The third kappa shape index (κ3) is 18.0. The summed E-state index contributed by atoms with van der Waals surface area (Å²) in [6.45, 7) is 15.7. The molecule has 0 amide bonds. The minimum Gasteiger partial charge on any atom is -0.317 e. The Kier molecular flexibility index (Phi) is 18.1. The fraction of sp³-hybridized carbons (Fsp3) is 1.00. The molecule has 0 aromatic carbocycles.